The SMILES string of the molecule is Cc1cccc(Oc2ccccc2[C@@H](C)N)c1[N+](=O)[O-]. The van der Waals surface area contributed by atoms with Gasteiger partial charge in [-0.3, -0.25) is 10.1 Å². The predicted molar refractivity (Wildman–Crippen MR) is 77.0 cm³/mol. The molecule has 0 aliphatic heterocycles. The number of nitrogens with zero attached hydrogens (tertiary/aromatic N) is 1. The summed E-state index contributed by atoms with van der Waals surface area (Å²) >= 11 is 0. The highest BCUT2D eigenvalue weighted by Gasteiger charge is 2.20. The number of hydrogen-bond acceptors (Lipinski definition) is 4. The van der Waals surface area contributed by atoms with Crippen LogP contribution in [0.25, 0.3) is 0 Å². The molecule has 0 spiro atoms. The van der Waals surface area contributed by atoms with Gasteiger partial charge in [-0.2, -0.15) is 0 Å². The highest BCUT2D eigenvalue weighted by atomic mass is 16.6. The van der Waals surface area contributed by atoms with E-state index in [0.717, 1.165) is 5.56 Å². The molecule has 0 fully saturated rings. The van der Waals surface area contributed by atoms with Gasteiger partial charge in [-0.15, -0.1) is 0 Å². The van der Waals surface area contributed by atoms with E-state index in [9.17, 15) is 10.1 Å². The molecule has 2 N–H and O–H groups in total. The van der Waals surface area contributed by atoms with E-state index in [1.54, 1.807) is 31.2 Å². The third-order valence-electron chi connectivity index (χ3n) is 3.01. The van der Waals surface area contributed by atoms with E-state index in [0.29, 0.717) is 11.3 Å². The lowest BCUT2D eigenvalue weighted by Crippen LogP contribution is -2.06. The summed E-state index contributed by atoms with van der Waals surface area (Å²) in [5, 5.41) is 11.2. The highest BCUT2D eigenvalue weighted by molar-refractivity contribution is 5.54. The van der Waals surface area contributed by atoms with Crippen molar-refractivity contribution in [3.05, 3.63) is 63.7 Å². The van der Waals surface area contributed by atoms with Crippen LogP contribution in [0.15, 0.2) is 42.5 Å². The van der Waals surface area contributed by atoms with E-state index < -0.39 is 4.92 Å². The Morgan fingerprint density at radius 2 is 1.80 bits per heavy atom. The van der Waals surface area contributed by atoms with Crippen LogP contribution in [0.1, 0.15) is 24.1 Å². The zero-order valence-electron chi connectivity index (χ0n) is 11.4. The first-order chi connectivity index (χ1) is 9.50. The van der Waals surface area contributed by atoms with Gasteiger partial charge in [-0.05, 0) is 26.0 Å². The van der Waals surface area contributed by atoms with Crippen molar-refractivity contribution >= 4 is 5.69 Å². The number of rotatable bonds is 4. The van der Waals surface area contributed by atoms with Gasteiger partial charge in [0.05, 0.1) is 4.92 Å². The summed E-state index contributed by atoms with van der Waals surface area (Å²) in [5.41, 5.74) is 7.23. The van der Waals surface area contributed by atoms with Crippen molar-refractivity contribution in [3.63, 3.8) is 0 Å². The van der Waals surface area contributed by atoms with Crippen molar-refractivity contribution in [2.24, 2.45) is 5.73 Å². The van der Waals surface area contributed by atoms with Crippen LogP contribution in [0, 0.1) is 17.0 Å². The van der Waals surface area contributed by atoms with Crippen LogP contribution in [-0.4, -0.2) is 4.92 Å². The summed E-state index contributed by atoms with van der Waals surface area (Å²) < 4.78 is 5.72. The molecule has 0 unspecified atom stereocenters. The van der Waals surface area contributed by atoms with Crippen LogP contribution in [0.2, 0.25) is 0 Å². The van der Waals surface area contributed by atoms with Crippen LogP contribution in [-0.2, 0) is 0 Å². The first kappa shape index (κ1) is 14.0. The van der Waals surface area contributed by atoms with Crippen molar-refractivity contribution in [2.45, 2.75) is 19.9 Å². The Morgan fingerprint density at radius 3 is 2.45 bits per heavy atom. The van der Waals surface area contributed by atoms with Crippen LogP contribution < -0.4 is 10.5 Å². The summed E-state index contributed by atoms with van der Waals surface area (Å²) in [4.78, 5) is 10.7. The smallest absolute Gasteiger partial charge is 0.314 e. The van der Waals surface area contributed by atoms with Crippen molar-refractivity contribution in [2.75, 3.05) is 0 Å². The van der Waals surface area contributed by atoms with Crippen molar-refractivity contribution in [3.8, 4) is 11.5 Å². The van der Waals surface area contributed by atoms with Gasteiger partial charge in [0.2, 0.25) is 5.75 Å². The van der Waals surface area contributed by atoms with Gasteiger partial charge in [-0.1, -0.05) is 30.3 Å². The molecule has 20 heavy (non-hydrogen) atoms. The second-order valence-corrected chi connectivity index (χ2v) is 4.61. The Bertz CT molecular complexity index is 639. The number of para-hydroxylation sites is 2. The van der Waals surface area contributed by atoms with Gasteiger partial charge in [-0.25, -0.2) is 0 Å². The van der Waals surface area contributed by atoms with Crippen molar-refractivity contribution in [1.82, 2.24) is 0 Å². The average molecular weight is 272 g/mol. The third kappa shape index (κ3) is 2.78. The lowest BCUT2D eigenvalue weighted by Gasteiger charge is -2.14. The molecule has 0 radical (unpaired) electrons. The monoisotopic (exact) mass is 272 g/mol. The highest BCUT2D eigenvalue weighted by Crippen LogP contribution is 2.36. The molecule has 0 heterocycles. The number of nitro groups is 1. The fraction of sp³-hybridized carbons (Fsp3) is 0.200. The van der Waals surface area contributed by atoms with E-state index in [2.05, 4.69) is 0 Å². The number of benzene rings is 2. The van der Waals surface area contributed by atoms with E-state index in [-0.39, 0.29) is 17.5 Å². The van der Waals surface area contributed by atoms with Crippen LogP contribution >= 0.6 is 0 Å². The molecule has 5 heteroatoms. The van der Waals surface area contributed by atoms with Crippen LogP contribution in [0.4, 0.5) is 5.69 Å². The summed E-state index contributed by atoms with van der Waals surface area (Å²) in [6, 6.07) is 12.1. The minimum atomic E-state index is -0.431. The largest absolute Gasteiger partial charge is 0.450 e. The van der Waals surface area contributed by atoms with Gasteiger partial charge in [0.15, 0.2) is 0 Å². The summed E-state index contributed by atoms with van der Waals surface area (Å²) in [7, 11) is 0. The number of nitro benzene ring substituents is 1. The molecule has 0 saturated carbocycles. The Kier molecular flexibility index (Phi) is 4.00. The first-order valence-corrected chi connectivity index (χ1v) is 6.27. The normalized spacial score (nSPS) is 11.9. The second kappa shape index (κ2) is 5.71. The molecule has 2 aromatic carbocycles. The van der Waals surface area contributed by atoms with Gasteiger partial charge in [0.25, 0.3) is 0 Å². The first-order valence-electron chi connectivity index (χ1n) is 6.27. The topological polar surface area (TPSA) is 78.4 Å². The molecule has 0 aromatic heterocycles. The maximum atomic E-state index is 11.2. The van der Waals surface area contributed by atoms with Crippen molar-refractivity contribution in [1.29, 1.82) is 0 Å². The number of aryl methyl sites for hydroxylation is 1. The maximum absolute atomic E-state index is 11.2. The van der Waals surface area contributed by atoms with Gasteiger partial charge < -0.3 is 10.5 Å². The number of ether oxygens (including phenoxy) is 1. The molecule has 0 aliphatic rings. The number of nitrogens with two attached hydrogens (primary N) is 1. The molecule has 1 atom stereocenters. The molecular weight excluding hydrogens is 256 g/mol. The third-order valence-corrected chi connectivity index (χ3v) is 3.01. The van der Waals surface area contributed by atoms with Gasteiger partial charge >= 0.3 is 5.69 Å². The summed E-state index contributed by atoms with van der Waals surface area (Å²) in [6.07, 6.45) is 0. The van der Waals surface area contributed by atoms with E-state index in [4.69, 9.17) is 10.5 Å². The van der Waals surface area contributed by atoms with Gasteiger partial charge in [0.1, 0.15) is 5.75 Å². The molecule has 0 amide bonds. The van der Waals surface area contributed by atoms with Crippen LogP contribution in [0.5, 0.6) is 11.5 Å². The fourth-order valence-corrected chi connectivity index (χ4v) is 2.02. The standard InChI is InChI=1S/C15H16N2O3/c1-10-6-5-9-14(15(10)17(18)19)20-13-8-4-3-7-12(13)11(2)16/h3-9,11H,16H2,1-2H3/t11-/m1/s1. The minimum absolute atomic E-state index is 0.0213. The zero-order valence-corrected chi connectivity index (χ0v) is 11.4. The minimum Gasteiger partial charge on any atom is -0.450 e. The lowest BCUT2D eigenvalue weighted by atomic mass is 10.1. The Morgan fingerprint density at radius 1 is 1.15 bits per heavy atom. The summed E-state index contributed by atoms with van der Waals surface area (Å²) in [5.74, 6) is 0.763. The Labute approximate surface area is 117 Å². The average Bonchev–Trinajstić information content (AvgIpc) is 2.38. The Hall–Kier alpha value is -2.40. The zero-order chi connectivity index (χ0) is 14.7. The Balaban J connectivity index is 2.46. The molecule has 0 bridgehead atoms. The van der Waals surface area contributed by atoms with E-state index >= 15 is 0 Å². The second-order valence-electron chi connectivity index (χ2n) is 4.61. The molecule has 0 saturated heterocycles. The molecule has 104 valence electrons. The van der Waals surface area contributed by atoms with E-state index in [1.807, 2.05) is 25.1 Å². The van der Waals surface area contributed by atoms with Crippen molar-refractivity contribution < 1.29 is 9.66 Å². The van der Waals surface area contributed by atoms with Crippen LogP contribution in [0.3, 0.4) is 0 Å². The maximum Gasteiger partial charge on any atom is 0.314 e. The number of hydrogen-bond donors (Lipinski definition) is 1. The fourth-order valence-electron chi connectivity index (χ4n) is 2.02. The molecule has 5 nitrogen and oxygen atoms in total. The molecule has 2 rings (SSSR count). The molecule has 0 aliphatic carbocycles. The molecular formula is C15H16N2O3. The summed E-state index contributed by atoms with van der Waals surface area (Å²) in [6.45, 7) is 3.52. The lowest BCUT2D eigenvalue weighted by molar-refractivity contribution is -0.386. The van der Waals surface area contributed by atoms with E-state index in [1.165, 1.54) is 0 Å². The molecule has 2 aromatic rings. The predicted octanol–water partition coefficient (Wildman–Crippen LogP) is 3.72. The van der Waals surface area contributed by atoms with Gasteiger partial charge in [0, 0.05) is 17.2 Å². The quantitative estimate of drug-likeness (QED) is 0.679.